The third kappa shape index (κ3) is 2.11. The Hall–Kier alpha value is -1.81. The van der Waals surface area contributed by atoms with Crippen LogP contribution in [0.4, 0.5) is 0 Å². The van der Waals surface area contributed by atoms with Crippen molar-refractivity contribution in [1.29, 1.82) is 0 Å². The van der Waals surface area contributed by atoms with Crippen molar-refractivity contribution in [3.05, 3.63) is 46.8 Å². The number of aliphatic hydroxyl groups excluding tert-OH is 1. The highest BCUT2D eigenvalue weighted by atomic mass is 16.5. The molecule has 0 fully saturated rings. The highest BCUT2D eigenvalue weighted by Gasteiger charge is 2.19. The van der Waals surface area contributed by atoms with Crippen LogP contribution in [0.3, 0.4) is 0 Å². The molecule has 1 atom stereocenters. The first-order chi connectivity index (χ1) is 8.54. The van der Waals surface area contributed by atoms with Gasteiger partial charge >= 0.3 is 0 Å². The summed E-state index contributed by atoms with van der Waals surface area (Å²) in [6, 6.07) is 5.78. The first kappa shape index (κ1) is 12.6. The molecule has 1 unspecified atom stereocenters. The van der Waals surface area contributed by atoms with Gasteiger partial charge in [-0.15, -0.1) is 0 Å². The zero-order valence-electron chi connectivity index (χ0n) is 11.1. The molecule has 96 valence electrons. The maximum Gasteiger partial charge on any atom is 0.125 e. The lowest BCUT2D eigenvalue weighted by atomic mass is 9.99. The van der Waals surface area contributed by atoms with Crippen LogP contribution in [0, 0.1) is 13.8 Å². The van der Waals surface area contributed by atoms with Crippen molar-refractivity contribution in [2.75, 3.05) is 7.11 Å². The van der Waals surface area contributed by atoms with E-state index in [1.807, 2.05) is 39.1 Å². The minimum Gasteiger partial charge on any atom is -0.496 e. The number of hydrogen-bond acceptors (Lipinski definition) is 3. The summed E-state index contributed by atoms with van der Waals surface area (Å²) < 4.78 is 7.05. The normalized spacial score (nSPS) is 12.5. The highest BCUT2D eigenvalue weighted by molar-refractivity contribution is 5.43. The van der Waals surface area contributed by atoms with E-state index in [2.05, 4.69) is 5.10 Å². The fraction of sp³-hybridized carbons (Fsp3) is 0.357. The molecule has 4 nitrogen and oxygen atoms in total. The van der Waals surface area contributed by atoms with Crippen molar-refractivity contribution in [3.63, 3.8) is 0 Å². The van der Waals surface area contributed by atoms with Crippen LogP contribution in [-0.2, 0) is 7.05 Å². The molecule has 0 aliphatic carbocycles. The van der Waals surface area contributed by atoms with E-state index in [0.717, 1.165) is 22.4 Å². The fourth-order valence-electron chi connectivity index (χ4n) is 2.02. The van der Waals surface area contributed by atoms with E-state index in [1.54, 1.807) is 18.0 Å². The van der Waals surface area contributed by atoms with Gasteiger partial charge in [0.2, 0.25) is 0 Å². The maximum atomic E-state index is 10.5. The third-order valence-electron chi connectivity index (χ3n) is 3.25. The number of rotatable bonds is 3. The number of hydrogen-bond donors (Lipinski definition) is 1. The fourth-order valence-corrected chi connectivity index (χ4v) is 2.02. The van der Waals surface area contributed by atoms with Crippen LogP contribution in [0.5, 0.6) is 5.75 Å². The number of nitrogens with zero attached hydrogens (tertiary/aromatic N) is 2. The summed E-state index contributed by atoms with van der Waals surface area (Å²) in [5.74, 6) is 0.691. The number of ether oxygens (including phenoxy) is 1. The summed E-state index contributed by atoms with van der Waals surface area (Å²) in [7, 11) is 3.47. The Labute approximate surface area is 107 Å². The lowest BCUT2D eigenvalue weighted by Gasteiger charge is -2.15. The predicted octanol–water partition coefficient (Wildman–Crippen LogP) is 2.13. The van der Waals surface area contributed by atoms with E-state index in [0.29, 0.717) is 5.75 Å². The minimum absolute atomic E-state index is 0.691. The minimum atomic E-state index is -0.714. The van der Waals surface area contributed by atoms with Crippen molar-refractivity contribution in [1.82, 2.24) is 9.78 Å². The quantitative estimate of drug-likeness (QED) is 0.902. The van der Waals surface area contributed by atoms with Crippen LogP contribution < -0.4 is 4.74 Å². The van der Waals surface area contributed by atoms with Crippen LogP contribution in [0.15, 0.2) is 24.4 Å². The molecular weight excluding hydrogens is 228 g/mol. The molecule has 0 aliphatic heterocycles. The van der Waals surface area contributed by atoms with Gasteiger partial charge in [-0.3, -0.25) is 4.68 Å². The monoisotopic (exact) mass is 246 g/mol. The Balaban J connectivity index is 2.48. The van der Waals surface area contributed by atoms with E-state index in [9.17, 15) is 5.11 Å². The van der Waals surface area contributed by atoms with Gasteiger partial charge in [0, 0.05) is 23.9 Å². The van der Waals surface area contributed by atoms with Gasteiger partial charge in [0.15, 0.2) is 0 Å². The van der Waals surface area contributed by atoms with Crippen LogP contribution >= 0.6 is 0 Å². The second-order valence-electron chi connectivity index (χ2n) is 4.46. The molecule has 1 aromatic carbocycles. The Bertz CT molecular complexity index is 561. The van der Waals surface area contributed by atoms with Crippen LogP contribution in [0.25, 0.3) is 0 Å². The Morgan fingerprint density at radius 1 is 1.28 bits per heavy atom. The molecule has 0 bridgehead atoms. The van der Waals surface area contributed by atoms with Gasteiger partial charge in [-0.1, -0.05) is 11.6 Å². The van der Waals surface area contributed by atoms with Gasteiger partial charge in [0.25, 0.3) is 0 Å². The first-order valence-corrected chi connectivity index (χ1v) is 5.85. The summed E-state index contributed by atoms with van der Waals surface area (Å²) in [5, 5.41) is 14.6. The van der Waals surface area contributed by atoms with E-state index in [-0.39, 0.29) is 0 Å². The van der Waals surface area contributed by atoms with Gasteiger partial charge in [-0.25, -0.2) is 0 Å². The molecule has 0 spiro atoms. The standard InChI is InChI=1S/C14H18N2O2/c1-9-5-6-13(18-4)11(7-9)14(17)12-8-15-16(3)10(12)2/h5-8,14,17H,1-4H3. The summed E-state index contributed by atoms with van der Waals surface area (Å²) in [6.45, 7) is 3.93. The van der Waals surface area contributed by atoms with Crippen LogP contribution in [0.1, 0.15) is 28.5 Å². The second-order valence-corrected chi connectivity index (χ2v) is 4.46. The molecular formula is C14H18N2O2. The Morgan fingerprint density at radius 3 is 2.56 bits per heavy atom. The smallest absolute Gasteiger partial charge is 0.125 e. The molecule has 18 heavy (non-hydrogen) atoms. The molecule has 0 aliphatic rings. The van der Waals surface area contributed by atoms with Gasteiger partial charge in [-0.05, 0) is 26.0 Å². The molecule has 2 rings (SSSR count). The zero-order chi connectivity index (χ0) is 13.3. The van der Waals surface area contributed by atoms with Gasteiger partial charge < -0.3 is 9.84 Å². The molecule has 0 saturated heterocycles. The van der Waals surface area contributed by atoms with Crippen molar-refractivity contribution in [3.8, 4) is 5.75 Å². The average Bonchev–Trinajstić information content (AvgIpc) is 2.69. The van der Waals surface area contributed by atoms with E-state index in [4.69, 9.17) is 4.74 Å². The summed E-state index contributed by atoms with van der Waals surface area (Å²) >= 11 is 0. The SMILES string of the molecule is COc1ccc(C)cc1C(O)c1cnn(C)c1C. The number of benzene rings is 1. The molecule has 0 radical (unpaired) electrons. The van der Waals surface area contributed by atoms with E-state index >= 15 is 0 Å². The van der Waals surface area contributed by atoms with Crippen molar-refractivity contribution in [2.24, 2.45) is 7.05 Å². The lowest BCUT2D eigenvalue weighted by Crippen LogP contribution is -2.04. The predicted molar refractivity (Wildman–Crippen MR) is 69.7 cm³/mol. The second kappa shape index (κ2) is 4.82. The van der Waals surface area contributed by atoms with Gasteiger partial charge in [0.05, 0.1) is 13.3 Å². The lowest BCUT2D eigenvalue weighted by molar-refractivity contribution is 0.214. The van der Waals surface area contributed by atoms with Crippen molar-refractivity contribution < 1.29 is 9.84 Å². The van der Waals surface area contributed by atoms with Gasteiger partial charge in [0.1, 0.15) is 11.9 Å². The Kier molecular flexibility index (Phi) is 3.39. The van der Waals surface area contributed by atoms with Crippen LogP contribution in [0.2, 0.25) is 0 Å². The largest absolute Gasteiger partial charge is 0.496 e. The number of methoxy groups -OCH3 is 1. The average molecular weight is 246 g/mol. The number of aromatic nitrogens is 2. The topological polar surface area (TPSA) is 47.3 Å². The highest BCUT2D eigenvalue weighted by Crippen LogP contribution is 2.31. The number of aryl methyl sites for hydroxylation is 2. The molecule has 2 aromatic rings. The van der Waals surface area contributed by atoms with E-state index in [1.165, 1.54) is 0 Å². The van der Waals surface area contributed by atoms with Crippen molar-refractivity contribution in [2.45, 2.75) is 20.0 Å². The van der Waals surface area contributed by atoms with Crippen LogP contribution in [-0.4, -0.2) is 22.0 Å². The third-order valence-corrected chi connectivity index (χ3v) is 3.25. The van der Waals surface area contributed by atoms with E-state index < -0.39 is 6.10 Å². The van der Waals surface area contributed by atoms with Gasteiger partial charge in [-0.2, -0.15) is 5.10 Å². The summed E-state index contributed by atoms with van der Waals surface area (Å²) in [4.78, 5) is 0. The molecule has 1 heterocycles. The molecule has 4 heteroatoms. The first-order valence-electron chi connectivity index (χ1n) is 5.85. The molecule has 1 N–H and O–H groups in total. The molecule has 0 amide bonds. The van der Waals surface area contributed by atoms with Crippen molar-refractivity contribution >= 4 is 0 Å². The Morgan fingerprint density at radius 2 is 2.00 bits per heavy atom. The number of aliphatic hydroxyl groups is 1. The zero-order valence-corrected chi connectivity index (χ0v) is 11.1. The maximum absolute atomic E-state index is 10.5. The molecule has 1 aromatic heterocycles. The molecule has 0 saturated carbocycles. The summed E-state index contributed by atoms with van der Waals surface area (Å²) in [6.07, 6.45) is 0.982. The summed E-state index contributed by atoms with van der Waals surface area (Å²) in [5.41, 5.74) is 3.62.